The van der Waals surface area contributed by atoms with Crippen LogP contribution in [0.4, 0.5) is 0 Å². The number of hydrogen-bond donors (Lipinski definition) is 0. The standard InChI is InChI=1S/C21H25N3O4S/c1-4-17-10-6-8-12-19(17)29(25,26)24(3)14-13-20-22-21(28-23-20)15-27-18-11-7-5-9-16(18)2/h5-12H,4,13-15H2,1-3H3. The Balaban J connectivity index is 1.59. The highest BCUT2D eigenvalue weighted by atomic mass is 32.2. The molecule has 154 valence electrons. The predicted molar refractivity (Wildman–Crippen MR) is 109 cm³/mol. The van der Waals surface area contributed by atoms with E-state index in [1.807, 2.05) is 50.2 Å². The first-order valence-electron chi connectivity index (χ1n) is 9.46. The van der Waals surface area contributed by atoms with E-state index in [9.17, 15) is 8.42 Å². The first-order valence-corrected chi connectivity index (χ1v) is 10.9. The highest BCUT2D eigenvalue weighted by Crippen LogP contribution is 2.20. The average molecular weight is 416 g/mol. The summed E-state index contributed by atoms with van der Waals surface area (Å²) in [6.07, 6.45) is 0.996. The lowest BCUT2D eigenvalue weighted by atomic mass is 10.2. The quantitative estimate of drug-likeness (QED) is 0.533. The average Bonchev–Trinajstić information content (AvgIpc) is 3.19. The lowest BCUT2D eigenvalue weighted by Gasteiger charge is -2.18. The van der Waals surface area contributed by atoms with Crippen LogP contribution in [-0.4, -0.2) is 36.5 Å². The summed E-state index contributed by atoms with van der Waals surface area (Å²) < 4.78 is 38.0. The monoisotopic (exact) mass is 415 g/mol. The van der Waals surface area contributed by atoms with Gasteiger partial charge in [-0.1, -0.05) is 48.5 Å². The van der Waals surface area contributed by atoms with Crippen LogP contribution in [-0.2, 0) is 29.5 Å². The lowest BCUT2D eigenvalue weighted by Crippen LogP contribution is -2.30. The minimum Gasteiger partial charge on any atom is -0.483 e. The maximum absolute atomic E-state index is 12.9. The van der Waals surface area contributed by atoms with Gasteiger partial charge in [0, 0.05) is 20.0 Å². The summed E-state index contributed by atoms with van der Waals surface area (Å²) in [7, 11) is -2.01. The molecule has 1 aromatic heterocycles. The Morgan fingerprint density at radius 1 is 1.10 bits per heavy atom. The summed E-state index contributed by atoms with van der Waals surface area (Å²) in [5, 5.41) is 3.92. The molecule has 0 radical (unpaired) electrons. The largest absolute Gasteiger partial charge is 0.483 e. The highest BCUT2D eigenvalue weighted by molar-refractivity contribution is 7.89. The molecule has 0 spiro atoms. The number of benzene rings is 2. The topological polar surface area (TPSA) is 85.5 Å². The van der Waals surface area contributed by atoms with Crippen molar-refractivity contribution < 1.29 is 17.7 Å². The maximum atomic E-state index is 12.9. The summed E-state index contributed by atoms with van der Waals surface area (Å²) in [5.41, 5.74) is 1.82. The van der Waals surface area contributed by atoms with E-state index >= 15 is 0 Å². The van der Waals surface area contributed by atoms with E-state index in [4.69, 9.17) is 9.26 Å². The minimum atomic E-state index is -3.57. The Morgan fingerprint density at radius 3 is 2.59 bits per heavy atom. The van der Waals surface area contributed by atoms with Gasteiger partial charge in [0.2, 0.25) is 10.0 Å². The van der Waals surface area contributed by atoms with Gasteiger partial charge in [0.1, 0.15) is 5.75 Å². The number of likely N-dealkylation sites (N-methyl/N-ethyl adjacent to an activating group) is 1. The van der Waals surface area contributed by atoms with Crippen molar-refractivity contribution in [1.82, 2.24) is 14.4 Å². The van der Waals surface area contributed by atoms with Crippen molar-refractivity contribution in [1.29, 1.82) is 0 Å². The smallest absolute Gasteiger partial charge is 0.264 e. The van der Waals surface area contributed by atoms with Gasteiger partial charge in [-0.2, -0.15) is 4.98 Å². The summed E-state index contributed by atoms with van der Waals surface area (Å²) in [6, 6.07) is 14.7. The van der Waals surface area contributed by atoms with Crippen LogP contribution in [0.2, 0.25) is 0 Å². The highest BCUT2D eigenvalue weighted by Gasteiger charge is 2.23. The van der Waals surface area contributed by atoms with E-state index in [1.54, 1.807) is 19.2 Å². The molecular weight excluding hydrogens is 390 g/mol. The molecule has 0 atom stereocenters. The zero-order valence-electron chi connectivity index (χ0n) is 16.8. The minimum absolute atomic E-state index is 0.163. The molecule has 0 fully saturated rings. The third-order valence-corrected chi connectivity index (χ3v) is 6.60. The van der Waals surface area contributed by atoms with Crippen molar-refractivity contribution in [3.8, 4) is 5.75 Å². The Kier molecular flexibility index (Phi) is 6.66. The number of hydrogen-bond acceptors (Lipinski definition) is 6. The van der Waals surface area contributed by atoms with Crippen molar-refractivity contribution in [2.24, 2.45) is 0 Å². The zero-order valence-corrected chi connectivity index (χ0v) is 17.6. The first-order chi connectivity index (χ1) is 13.9. The Bertz CT molecular complexity index is 1060. The van der Waals surface area contributed by atoms with Crippen LogP contribution in [0.3, 0.4) is 0 Å². The second-order valence-corrected chi connectivity index (χ2v) is 8.71. The summed E-state index contributed by atoms with van der Waals surface area (Å²) >= 11 is 0. The molecule has 0 aliphatic heterocycles. The van der Waals surface area contributed by atoms with Crippen molar-refractivity contribution in [2.45, 2.75) is 38.2 Å². The Morgan fingerprint density at radius 2 is 1.83 bits per heavy atom. The Labute approximate surface area is 171 Å². The van der Waals surface area contributed by atoms with E-state index in [0.717, 1.165) is 16.9 Å². The summed E-state index contributed by atoms with van der Waals surface area (Å²) in [4.78, 5) is 4.63. The van der Waals surface area contributed by atoms with Crippen LogP contribution in [0, 0.1) is 6.92 Å². The second kappa shape index (κ2) is 9.19. The first kappa shape index (κ1) is 21.0. The van der Waals surface area contributed by atoms with E-state index in [2.05, 4.69) is 10.1 Å². The van der Waals surface area contributed by atoms with Crippen molar-refractivity contribution >= 4 is 10.0 Å². The Hall–Kier alpha value is -2.71. The van der Waals surface area contributed by atoms with Gasteiger partial charge in [-0.25, -0.2) is 12.7 Å². The van der Waals surface area contributed by atoms with Gasteiger partial charge in [0.15, 0.2) is 12.4 Å². The molecule has 1 heterocycles. The normalized spacial score (nSPS) is 11.7. The number of sulfonamides is 1. The van der Waals surface area contributed by atoms with Crippen LogP contribution >= 0.6 is 0 Å². The van der Waals surface area contributed by atoms with Crippen LogP contribution in [0.25, 0.3) is 0 Å². The van der Waals surface area contributed by atoms with Gasteiger partial charge in [0.05, 0.1) is 4.90 Å². The van der Waals surface area contributed by atoms with Crippen LogP contribution < -0.4 is 4.74 Å². The fourth-order valence-corrected chi connectivity index (χ4v) is 4.36. The molecule has 0 aliphatic rings. The third-order valence-electron chi connectivity index (χ3n) is 4.65. The maximum Gasteiger partial charge on any atom is 0.264 e. The fourth-order valence-electron chi connectivity index (χ4n) is 2.90. The zero-order chi connectivity index (χ0) is 20.9. The molecule has 8 heteroatoms. The van der Waals surface area contributed by atoms with E-state index < -0.39 is 10.0 Å². The molecule has 0 N–H and O–H groups in total. The molecule has 0 saturated carbocycles. The molecule has 3 aromatic rings. The van der Waals surface area contributed by atoms with Crippen molar-refractivity contribution in [2.75, 3.05) is 13.6 Å². The number of aromatic nitrogens is 2. The number of nitrogens with zero attached hydrogens (tertiary/aromatic N) is 3. The number of aryl methyl sites for hydroxylation is 2. The summed E-state index contributed by atoms with van der Waals surface area (Å²) in [5.74, 6) is 1.55. The summed E-state index contributed by atoms with van der Waals surface area (Å²) in [6.45, 7) is 4.31. The molecule has 0 bridgehead atoms. The third kappa shape index (κ3) is 5.02. The fraction of sp³-hybridized carbons (Fsp3) is 0.333. The van der Waals surface area contributed by atoms with E-state index in [-0.39, 0.29) is 13.2 Å². The molecule has 3 rings (SSSR count). The molecule has 0 amide bonds. The lowest BCUT2D eigenvalue weighted by molar-refractivity contribution is 0.241. The molecule has 0 aliphatic carbocycles. The number of para-hydroxylation sites is 1. The van der Waals surface area contributed by atoms with Gasteiger partial charge in [-0.15, -0.1) is 0 Å². The molecule has 2 aromatic carbocycles. The van der Waals surface area contributed by atoms with Crippen LogP contribution in [0.5, 0.6) is 5.75 Å². The second-order valence-electron chi connectivity index (χ2n) is 6.70. The number of rotatable bonds is 9. The molecule has 7 nitrogen and oxygen atoms in total. The SMILES string of the molecule is CCc1ccccc1S(=O)(=O)N(C)CCc1noc(COc2ccccc2C)n1. The van der Waals surface area contributed by atoms with Crippen molar-refractivity contribution in [3.63, 3.8) is 0 Å². The van der Waals surface area contributed by atoms with Crippen LogP contribution in [0.15, 0.2) is 57.9 Å². The van der Waals surface area contributed by atoms with Gasteiger partial charge in [-0.3, -0.25) is 0 Å². The molecule has 0 saturated heterocycles. The molecule has 29 heavy (non-hydrogen) atoms. The molecule has 0 unspecified atom stereocenters. The van der Waals surface area contributed by atoms with E-state index in [1.165, 1.54) is 4.31 Å². The van der Waals surface area contributed by atoms with Gasteiger partial charge in [-0.05, 0) is 36.6 Å². The van der Waals surface area contributed by atoms with Crippen molar-refractivity contribution in [3.05, 3.63) is 71.4 Å². The predicted octanol–water partition coefficient (Wildman–Crippen LogP) is 3.38. The van der Waals surface area contributed by atoms with Gasteiger partial charge >= 0.3 is 0 Å². The van der Waals surface area contributed by atoms with E-state index in [0.29, 0.717) is 29.5 Å². The van der Waals surface area contributed by atoms with Crippen LogP contribution in [0.1, 0.15) is 29.8 Å². The number of ether oxygens (including phenoxy) is 1. The molecular formula is C21H25N3O4S. The van der Waals surface area contributed by atoms with Gasteiger partial charge < -0.3 is 9.26 Å². The van der Waals surface area contributed by atoms with Gasteiger partial charge in [0.25, 0.3) is 5.89 Å².